The van der Waals surface area contributed by atoms with Crippen molar-refractivity contribution in [3.05, 3.63) is 51.9 Å². The summed E-state index contributed by atoms with van der Waals surface area (Å²) in [6.07, 6.45) is 0. The lowest BCUT2D eigenvalue weighted by molar-refractivity contribution is 0.101. The molecule has 0 saturated carbocycles. The van der Waals surface area contributed by atoms with E-state index in [4.69, 9.17) is 5.73 Å². The number of carbonyl (C=O) groups excluding carboxylic acids is 1. The number of rotatable bonds is 2. The minimum atomic E-state index is -0.475. The van der Waals surface area contributed by atoms with E-state index in [1.165, 1.54) is 11.6 Å². The lowest BCUT2D eigenvalue weighted by Crippen LogP contribution is -2.27. The van der Waals surface area contributed by atoms with Crippen molar-refractivity contribution in [2.45, 2.75) is 13.8 Å². The molecule has 2 aromatic rings. The van der Waals surface area contributed by atoms with Crippen molar-refractivity contribution < 1.29 is 4.79 Å². The van der Waals surface area contributed by atoms with Crippen molar-refractivity contribution in [1.82, 2.24) is 9.78 Å². The SMILES string of the molecule is CC(=O)c1c(C)nn(-c2ccccc2)c(=O)c1N. The molecular formula is C13H13N3O2. The summed E-state index contributed by atoms with van der Waals surface area (Å²) in [5.41, 5.74) is 6.46. The highest BCUT2D eigenvalue weighted by Gasteiger charge is 2.16. The molecule has 0 spiro atoms. The molecule has 2 rings (SSSR count). The number of ketones is 1. The molecule has 1 heterocycles. The molecule has 0 radical (unpaired) electrons. The minimum absolute atomic E-state index is 0.0566. The average Bonchev–Trinajstić information content (AvgIpc) is 2.34. The fourth-order valence-corrected chi connectivity index (χ4v) is 1.85. The fourth-order valence-electron chi connectivity index (χ4n) is 1.85. The smallest absolute Gasteiger partial charge is 0.295 e. The van der Waals surface area contributed by atoms with Crippen LogP contribution in [0.4, 0.5) is 5.69 Å². The number of carbonyl (C=O) groups is 1. The molecule has 18 heavy (non-hydrogen) atoms. The fraction of sp³-hybridized carbons (Fsp3) is 0.154. The first-order valence-electron chi connectivity index (χ1n) is 5.48. The maximum Gasteiger partial charge on any atom is 0.295 e. The molecule has 5 heteroatoms. The van der Waals surface area contributed by atoms with E-state index < -0.39 is 5.56 Å². The Hall–Kier alpha value is -2.43. The number of Topliss-reactive ketones (excluding diaryl/α,β-unsaturated/α-hetero) is 1. The zero-order valence-electron chi connectivity index (χ0n) is 10.2. The highest BCUT2D eigenvalue weighted by molar-refractivity contribution is 5.99. The van der Waals surface area contributed by atoms with Gasteiger partial charge in [0.2, 0.25) is 0 Å². The van der Waals surface area contributed by atoms with Crippen LogP contribution in [0.3, 0.4) is 0 Å². The van der Waals surface area contributed by atoms with Gasteiger partial charge >= 0.3 is 0 Å². The second kappa shape index (κ2) is 4.44. The summed E-state index contributed by atoms with van der Waals surface area (Å²) in [7, 11) is 0. The number of nitrogens with zero attached hydrogens (tertiary/aromatic N) is 2. The average molecular weight is 243 g/mol. The van der Waals surface area contributed by atoms with Crippen molar-refractivity contribution in [1.29, 1.82) is 0 Å². The highest BCUT2D eigenvalue weighted by Crippen LogP contribution is 2.12. The minimum Gasteiger partial charge on any atom is -0.394 e. The van der Waals surface area contributed by atoms with Gasteiger partial charge in [0, 0.05) is 0 Å². The van der Waals surface area contributed by atoms with Crippen molar-refractivity contribution in [2.24, 2.45) is 0 Å². The maximum absolute atomic E-state index is 12.1. The first kappa shape index (κ1) is 12.0. The second-order valence-electron chi connectivity index (χ2n) is 3.98. The third-order valence-corrected chi connectivity index (χ3v) is 2.66. The molecule has 0 aliphatic carbocycles. The normalized spacial score (nSPS) is 10.3. The molecule has 92 valence electrons. The molecule has 0 bridgehead atoms. The van der Waals surface area contributed by atoms with Gasteiger partial charge in [-0.15, -0.1) is 0 Å². The van der Waals surface area contributed by atoms with Crippen molar-refractivity contribution in [3.63, 3.8) is 0 Å². The molecule has 0 aliphatic heterocycles. The van der Waals surface area contributed by atoms with E-state index in [1.807, 2.05) is 6.07 Å². The van der Waals surface area contributed by atoms with Gasteiger partial charge in [-0.2, -0.15) is 9.78 Å². The van der Waals surface area contributed by atoms with E-state index in [-0.39, 0.29) is 17.0 Å². The Balaban J connectivity index is 2.74. The van der Waals surface area contributed by atoms with Gasteiger partial charge in [0.05, 0.1) is 16.9 Å². The Kier molecular flexibility index (Phi) is 2.97. The number of hydrogen-bond donors (Lipinski definition) is 1. The van der Waals surface area contributed by atoms with Crippen molar-refractivity contribution >= 4 is 11.5 Å². The number of aryl methyl sites for hydroxylation is 1. The summed E-state index contributed by atoms with van der Waals surface area (Å²) in [5, 5.41) is 4.13. The number of benzene rings is 1. The quantitative estimate of drug-likeness (QED) is 0.807. The van der Waals surface area contributed by atoms with Crippen LogP contribution >= 0.6 is 0 Å². The van der Waals surface area contributed by atoms with Gasteiger partial charge in [-0.25, -0.2) is 0 Å². The lowest BCUT2D eigenvalue weighted by Gasteiger charge is -2.10. The van der Waals surface area contributed by atoms with Crippen LogP contribution in [-0.2, 0) is 0 Å². The number of nitrogens with two attached hydrogens (primary N) is 1. The van der Waals surface area contributed by atoms with E-state index in [0.717, 1.165) is 0 Å². The van der Waals surface area contributed by atoms with E-state index in [1.54, 1.807) is 31.2 Å². The Labute approximate surface area is 104 Å². The monoisotopic (exact) mass is 243 g/mol. The number of para-hydroxylation sites is 1. The zero-order valence-corrected chi connectivity index (χ0v) is 10.2. The molecule has 1 aromatic carbocycles. The molecule has 0 saturated heterocycles. The largest absolute Gasteiger partial charge is 0.394 e. The zero-order chi connectivity index (χ0) is 13.3. The third-order valence-electron chi connectivity index (χ3n) is 2.66. The van der Waals surface area contributed by atoms with E-state index in [9.17, 15) is 9.59 Å². The maximum atomic E-state index is 12.1. The highest BCUT2D eigenvalue weighted by atomic mass is 16.1. The van der Waals surface area contributed by atoms with Crippen LogP contribution in [0.5, 0.6) is 0 Å². The van der Waals surface area contributed by atoms with Gasteiger partial charge in [0.1, 0.15) is 5.69 Å². The van der Waals surface area contributed by atoms with Gasteiger partial charge in [-0.05, 0) is 26.0 Å². The van der Waals surface area contributed by atoms with Crippen LogP contribution in [-0.4, -0.2) is 15.6 Å². The van der Waals surface area contributed by atoms with Crippen LogP contribution in [0.1, 0.15) is 23.0 Å². The van der Waals surface area contributed by atoms with Gasteiger partial charge in [-0.3, -0.25) is 9.59 Å². The van der Waals surface area contributed by atoms with Crippen molar-refractivity contribution in [2.75, 3.05) is 5.73 Å². The van der Waals surface area contributed by atoms with Crippen LogP contribution in [0.25, 0.3) is 5.69 Å². The predicted octanol–water partition coefficient (Wildman–Crippen LogP) is 1.33. The third kappa shape index (κ3) is 1.90. The summed E-state index contributed by atoms with van der Waals surface area (Å²) in [5.74, 6) is -0.255. The molecule has 0 atom stereocenters. The Morgan fingerprint density at radius 1 is 1.28 bits per heavy atom. The topological polar surface area (TPSA) is 78.0 Å². The standard InChI is InChI=1S/C13H13N3O2/c1-8-11(9(2)17)12(14)13(18)16(15-8)10-6-4-3-5-7-10/h3-7H,14H2,1-2H3. The Morgan fingerprint density at radius 2 is 1.89 bits per heavy atom. The van der Waals surface area contributed by atoms with Gasteiger partial charge < -0.3 is 5.73 Å². The van der Waals surface area contributed by atoms with Crippen LogP contribution in [0, 0.1) is 6.92 Å². The molecule has 0 fully saturated rings. The van der Waals surface area contributed by atoms with E-state index in [2.05, 4.69) is 5.10 Å². The Morgan fingerprint density at radius 3 is 2.44 bits per heavy atom. The summed E-state index contributed by atoms with van der Waals surface area (Å²) < 4.78 is 1.21. The second-order valence-corrected chi connectivity index (χ2v) is 3.98. The summed E-state index contributed by atoms with van der Waals surface area (Å²) in [6.45, 7) is 3.03. The molecule has 1 aromatic heterocycles. The first-order chi connectivity index (χ1) is 8.52. The summed E-state index contributed by atoms with van der Waals surface area (Å²) >= 11 is 0. The van der Waals surface area contributed by atoms with E-state index in [0.29, 0.717) is 11.4 Å². The van der Waals surface area contributed by atoms with E-state index >= 15 is 0 Å². The van der Waals surface area contributed by atoms with Gasteiger partial charge in [-0.1, -0.05) is 18.2 Å². The summed E-state index contributed by atoms with van der Waals surface area (Å²) in [6, 6.07) is 8.94. The van der Waals surface area contributed by atoms with Gasteiger partial charge in [0.25, 0.3) is 5.56 Å². The Bertz CT molecular complexity index is 660. The molecule has 0 amide bonds. The number of aromatic nitrogens is 2. The number of nitrogen functional groups attached to an aromatic ring is 1. The van der Waals surface area contributed by atoms with Crippen LogP contribution < -0.4 is 11.3 Å². The first-order valence-corrected chi connectivity index (χ1v) is 5.48. The predicted molar refractivity (Wildman–Crippen MR) is 69.0 cm³/mol. The lowest BCUT2D eigenvalue weighted by atomic mass is 10.1. The molecular weight excluding hydrogens is 230 g/mol. The molecule has 2 N–H and O–H groups in total. The van der Waals surface area contributed by atoms with Crippen LogP contribution in [0.15, 0.2) is 35.1 Å². The molecule has 0 unspecified atom stereocenters. The molecule has 0 aliphatic rings. The number of hydrogen-bond acceptors (Lipinski definition) is 4. The van der Waals surface area contributed by atoms with Gasteiger partial charge in [0.15, 0.2) is 5.78 Å². The summed E-state index contributed by atoms with van der Waals surface area (Å²) in [4.78, 5) is 23.5. The molecule has 5 nitrogen and oxygen atoms in total. The number of anilines is 1. The van der Waals surface area contributed by atoms with Crippen molar-refractivity contribution in [3.8, 4) is 5.69 Å². The van der Waals surface area contributed by atoms with Crippen LogP contribution in [0.2, 0.25) is 0 Å².